The van der Waals surface area contributed by atoms with Gasteiger partial charge in [-0.1, -0.05) is 6.07 Å². The summed E-state index contributed by atoms with van der Waals surface area (Å²) >= 11 is 0. The normalized spacial score (nSPS) is 19.9. The number of anilines is 1. The molecule has 2 aliphatic heterocycles. The highest BCUT2D eigenvalue weighted by molar-refractivity contribution is 6.18. The van der Waals surface area contributed by atoms with E-state index in [0.29, 0.717) is 0 Å². The van der Waals surface area contributed by atoms with E-state index >= 15 is 0 Å². The van der Waals surface area contributed by atoms with Gasteiger partial charge in [0, 0.05) is 12.2 Å². The molecule has 0 radical (unpaired) electrons. The molecule has 0 spiro atoms. The number of hydrogen-bond donors (Lipinski definition) is 1. The summed E-state index contributed by atoms with van der Waals surface area (Å²) < 4.78 is 0. The van der Waals surface area contributed by atoms with Gasteiger partial charge in [0.15, 0.2) is 0 Å². The van der Waals surface area contributed by atoms with Crippen LogP contribution < -0.4 is 10.1 Å². The minimum absolute atomic E-state index is 1.13. The second kappa shape index (κ2) is 4.13. The molecule has 0 bridgehead atoms. The average Bonchev–Trinajstić information content (AvgIpc) is 2.52. The van der Waals surface area contributed by atoms with Gasteiger partial charge in [-0.3, -0.25) is 0 Å². The monoisotopic (exact) mass is 214 g/mol. The Morgan fingerprint density at radius 2 is 1.75 bits per heavy atom. The van der Waals surface area contributed by atoms with Gasteiger partial charge in [0.25, 0.3) is 0 Å². The van der Waals surface area contributed by atoms with Crippen molar-refractivity contribution in [3.8, 4) is 0 Å². The van der Waals surface area contributed by atoms with Crippen molar-refractivity contribution < 1.29 is 0 Å². The van der Waals surface area contributed by atoms with E-state index in [0.717, 1.165) is 13.1 Å². The Labute approximate surface area is 98.5 Å². The molecule has 84 valence electrons. The molecule has 2 nitrogen and oxygen atoms in total. The van der Waals surface area contributed by atoms with Crippen molar-refractivity contribution >= 4 is 13.7 Å². The Balaban J connectivity index is 2.05. The highest BCUT2D eigenvalue weighted by atomic mass is 15.0. The van der Waals surface area contributed by atoms with Crippen LogP contribution in [0.2, 0.25) is 0 Å². The molecular formula is C13H19BN2. The fourth-order valence-corrected chi connectivity index (χ4v) is 2.95. The van der Waals surface area contributed by atoms with Gasteiger partial charge >= 0.3 is 0 Å². The molecule has 3 rings (SSSR count). The lowest BCUT2D eigenvalue weighted by Gasteiger charge is -2.29. The standard InChI is InChI=1S/C13H19BN2/c14-16-7-1-2-12-8-10-3-5-15-6-4-11(10)9-13(12)16/h8-9,15H,1-7,14H2. The van der Waals surface area contributed by atoms with Crippen LogP contribution in [0.3, 0.4) is 0 Å². The highest BCUT2D eigenvalue weighted by Crippen LogP contribution is 2.30. The Morgan fingerprint density at radius 1 is 1.00 bits per heavy atom. The van der Waals surface area contributed by atoms with Crippen LogP contribution in [0.15, 0.2) is 12.1 Å². The smallest absolute Gasteiger partial charge is 0.217 e. The van der Waals surface area contributed by atoms with Crippen LogP contribution in [-0.4, -0.2) is 27.6 Å². The van der Waals surface area contributed by atoms with Gasteiger partial charge in [-0.25, -0.2) is 0 Å². The molecule has 0 amide bonds. The molecular weight excluding hydrogens is 195 g/mol. The molecule has 2 aliphatic rings. The molecule has 0 fully saturated rings. The molecule has 0 unspecified atom stereocenters. The van der Waals surface area contributed by atoms with E-state index in [1.807, 2.05) is 0 Å². The summed E-state index contributed by atoms with van der Waals surface area (Å²) in [5.41, 5.74) is 6.19. The summed E-state index contributed by atoms with van der Waals surface area (Å²) in [6.45, 7) is 3.49. The van der Waals surface area contributed by atoms with Gasteiger partial charge in [0.05, 0.1) is 0 Å². The first-order valence-corrected chi connectivity index (χ1v) is 6.41. The number of nitrogens with zero attached hydrogens (tertiary/aromatic N) is 1. The molecule has 3 heteroatoms. The minimum atomic E-state index is 1.13. The number of fused-ring (bicyclic) bond motifs is 2. The van der Waals surface area contributed by atoms with Crippen LogP contribution in [0.5, 0.6) is 0 Å². The third kappa shape index (κ3) is 1.73. The maximum Gasteiger partial charge on any atom is 0.217 e. The van der Waals surface area contributed by atoms with E-state index in [4.69, 9.17) is 0 Å². The summed E-state index contributed by atoms with van der Waals surface area (Å²) in [7, 11) is 2.22. The van der Waals surface area contributed by atoms with E-state index < -0.39 is 0 Å². The zero-order valence-corrected chi connectivity index (χ0v) is 10.1. The maximum absolute atomic E-state index is 3.48. The van der Waals surface area contributed by atoms with Crippen LogP contribution in [0.25, 0.3) is 0 Å². The van der Waals surface area contributed by atoms with Gasteiger partial charge < -0.3 is 10.1 Å². The first-order chi connectivity index (χ1) is 7.84. The average molecular weight is 214 g/mol. The molecule has 0 atom stereocenters. The lowest BCUT2D eigenvalue weighted by atomic mass is 9.92. The number of benzene rings is 1. The van der Waals surface area contributed by atoms with E-state index in [1.165, 1.54) is 37.9 Å². The third-order valence-electron chi connectivity index (χ3n) is 3.89. The van der Waals surface area contributed by atoms with Crippen LogP contribution >= 0.6 is 0 Å². The van der Waals surface area contributed by atoms with Crippen LogP contribution in [0.1, 0.15) is 23.1 Å². The van der Waals surface area contributed by atoms with Crippen molar-refractivity contribution in [3.05, 3.63) is 28.8 Å². The number of rotatable bonds is 0. The predicted molar refractivity (Wildman–Crippen MR) is 70.9 cm³/mol. The Morgan fingerprint density at radius 3 is 2.56 bits per heavy atom. The Kier molecular flexibility index (Phi) is 2.64. The van der Waals surface area contributed by atoms with Gasteiger partial charge in [0.1, 0.15) is 0 Å². The second-order valence-electron chi connectivity index (χ2n) is 5.02. The Hall–Kier alpha value is -0.955. The second-order valence-corrected chi connectivity index (χ2v) is 5.02. The van der Waals surface area contributed by atoms with Crippen molar-refractivity contribution in [2.45, 2.75) is 25.7 Å². The van der Waals surface area contributed by atoms with Crippen LogP contribution in [0, 0.1) is 0 Å². The van der Waals surface area contributed by atoms with Gasteiger partial charge in [-0.05, 0) is 61.5 Å². The zero-order chi connectivity index (χ0) is 11.0. The molecule has 1 aromatic rings. The van der Waals surface area contributed by atoms with E-state index in [2.05, 4.69) is 30.2 Å². The lowest BCUT2D eigenvalue weighted by molar-refractivity contribution is 0.711. The fraction of sp³-hybridized carbons (Fsp3) is 0.538. The minimum Gasteiger partial charge on any atom is -0.422 e. The van der Waals surface area contributed by atoms with Gasteiger partial charge in [-0.2, -0.15) is 0 Å². The largest absolute Gasteiger partial charge is 0.422 e. The van der Waals surface area contributed by atoms with Crippen LogP contribution in [0.4, 0.5) is 5.69 Å². The molecule has 2 heterocycles. The van der Waals surface area contributed by atoms with E-state index in [9.17, 15) is 0 Å². The summed E-state index contributed by atoms with van der Waals surface area (Å²) in [4.78, 5) is 2.41. The first kappa shape index (κ1) is 10.2. The number of nitrogens with one attached hydrogen (secondary N) is 1. The fourth-order valence-electron chi connectivity index (χ4n) is 2.95. The summed E-state index contributed by atoms with van der Waals surface area (Å²) in [6.07, 6.45) is 4.96. The quantitative estimate of drug-likeness (QED) is 0.639. The van der Waals surface area contributed by atoms with Crippen molar-refractivity contribution in [2.24, 2.45) is 0 Å². The first-order valence-electron chi connectivity index (χ1n) is 6.41. The summed E-state index contributed by atoms with van der Waals surface area (Å²) in [5, 5.41) is 3.48. The van der Waals surface area contributed by atoms with E-state index in [1.54, 1.807) is 16.7 Å². The predicted octanol–water partition coefficient (Wildman–Crippen LogP) is 0.675. The molecule has 16 heavy (non-hydrogen) atoms. The van der Waals surface area contributed by atoms with Crippen molar-refractivity contribution in [1.82, 2.24) is 5.32 Å². The van der Waals surface area contributed by atoms with Gasteiger partial charge in [0.2, 0.25) is 7.98 Å². The van der Waals surface area contributed by atoms with E-state index in [-0.39, 0.29) is 0 Å². The molecule has 0 saturated heterocycles. The molecule has 0 aromatic heterocycles. The third-order valence-corrected chi connectivity index (χ3v) is 3.89. The summed E-state index contributed by atoms with van der Waals surface area (Å²) in [6, 6.07) is 4.91. The lowest BCUT2D eigenvalue weighted by Crippen LogP contribution is -2.26. The topological polar surface area (TPSA) is 15.3 Å². The highest BCUT2D eigenvalue weighted by Gasteiger charge is 2.17. The number of hydrogen-bond acceptors (Lipinski definition) is 2. The van der Waals surface area contributed by atoms with Gasteiger partial charge in [-0.15, -0.1) is 0 Å². The molecule has 0 saturated carbocycles. The SMILES string of the molecule is BN1CCCc2cc3c(cc21)CCNCC3. The molecule has 1 N–H and O–H groups in total. The number of aryl methyl sites for hydroxylation is 1. The van der Waals surface area contributed by atoms with Crippen molar-refractivity contribution in [3.63, 3.8) is 0 Å². The Bertz CT molecular complexity index is 403. The molecule has 0 aliphatic carbocycles. The maximum atomic E-state index is 3.48. The zero-order valence-electron chi connectivity index (χ0n) is 10.1. The summed E-state index contributed by atoms with van der Waals surface area (Å²) in [5.74, 6) is 0. The van der Waals surface area contributed by atoms with Crippen molar-refractivity contribution in [2.75, 3.05) is 24.4 Å². The molecule has 1 aromatic carbocycles. The van der Waals surface area contributed by atoms with Crippen LogP contribution in [-0.2, 0) is 19.3 Å². The van der Waals surface area contributed by atoms with Crippen molar-refractivity contribution in [1.29, 1.82) is 0 Å².